The molecular formula is C22H33NO. The van der Waals surface area contributed by atoms with Gasteiger partial charge in [0.2, 0.25) is 5.88 Å². The zero-order valence-corrected chi connectivity index (χ0v) is 16.1. The van der Waals surface area contributed by atoms with Crippen LogP contribution in [0, 0.1) is 0 Å². The number of unbranched alkanes of at least 4 members (excludes halogenated alkanes) is 3. The molecule has 1 aromatic heterocycles. The van der Waals surface area contributed by atoms with Crippen molar-refractivity contribution in [2.75, 3.05) is 0 Å². The lowest BCUT2D eigenvalue weighted by atomic mass is 9.94. The Morgan fingerprint density at radius 3 is 2.21 bits per heavy atom. The Labute approximate surface area is 147 Å². The summed E-state index contributed by atoms with van der Waals surface area (Å²) in [7, 11) is 0. The quantitative estimate of drug-likeness (QED) is 0.517. The molecule has 1 heterocycles. The van der Waals surface area contributed by atoms with Gasteiger partial charge in [-0.05, 0) is 58.1 Å². The van der Waals surface area contributed by atoms with Gasteiger partial charge in [0.15, 0.2) is 0 Å². The number of para-hydroxylation sites is 1. The maximum absolute atomic E-state index is 6.27. The normalized spacial score (nSPS) is 11.9. The Balaban J connectivity index is 2.55. The van der Waals surface area contributed by atoms with E-state index in [1.54, 1.807) is 0 Å². The lowest BCUT2D eigenvalue weighted by Crippen LogP contribution is -2.24. The van der Waals surface area contributed by atoms with Crippen molar-refractivity contribution in [3.05, 3.63) is 35.4 Å². The molecule has 0 N–H and O–H groups in total. The molecule has 0 saturated carbocycles. The Morgan fingerprint density at radius 1 is 0.875 bits per heavy atom. The monoisotopic (exact) mass is 327 g/mol. The first-order valence-electron chi connectivity index (χ1n) is 9.55. The molecular weight excluding hydrogens is 294 g/mol. The maximum atomic E-state index is 6.27. The Bertz CT molecular complexity index is 655. The second-order valence-electron chi connectivity index (χ2n) is 7.67. The van der Waals surface area contributed by atoms with Crippen molar-refractivity contribution in [1.82, 2.24) is 4.98 Å². The van der Waals surface area contributed by atoms with Gasteiger partial charge in [-0.2, -0.15) is 0 Å². The van der Waals surface area contributed by atoms with Gasteiger partial charge >= 0.3 is 0 Å². The highest BCUT2D eigenvalue weighted by Gasteiger charge is 2.20. The van der Waals surface area contributed by atoms with Crippen LogP contribution in [0.3, 0.4) is 0 Å². The van der Waals surface area contributed by atoms with Gasteiger partial charge in [0.25, 0.3) is 0 Å². The van der Waals surface area contributed by atoms with Crippen LogP contribution >= 0.6 is 0 Å². The first-order valence-corrected chi connectivity index (χ1v) is 9.55. The number of fused-ring (bicyclic) bond motifs is 1. The van der Waals surface area contributed by atoms with Gasteiger partial charge in [-0.25, -0.2) is 4.98 Å². The molecule has 0 unspecified atom stereocenters. The van der Waals surface area contributed by atoms with Crippen LogP contribution < -0.4 is 4.74 Å². The molecule has 132 valence electrons. The standard InChI is InChI=1S/C22H33NO/c1-6-8-10-14-17-18-15-11-12-16-20(18)23-21(24-22(3,4)5)19(17)13-9-7-2/h11-12,15-16H,6-10,13-14H2,1-5H3. The Morgan fingerprint density at radius 2 is 1.54 bits per heavy atom. The van der Waals surface area contributed by atoms with Crippen molar-refractivity contribution in [2.24, 2.45) is 0 Å². The highest BCUT2D eigenvalue weighted by Crippen LogP contribution is 2.32. The summed E-state index contributed by atoms with van der Waals surface area (Å²) in [6.45, 7) is 10.8. The van der Waals surface area contributed by atoms with Gasteiger partial charge in [0.1, 0.15) is 5.60 Å². The molecule has 0 aliphatic carbocycles. The Kier molecular flexibility index (Phi) is 6.65. The summed E-state index contributed by atoms with van der Waals surface area (Å²) in [6.07, 6.45) is 8.31. The molecule has 2 heteroatoms. The predicted octanol–water partition coefficient (Wildman–Crippen LogP) is 6.49. The molecule has 0 aliphatic heterocycles. The van der Waals surface area contributed by atoms with Gasteiger partial charge in [-0.3, -0.25) is 0 Å². The van der Waals surface area contributed by atoms with Crippen LogP contribution in [0.1, 0.15) is 77.8 Å². The van der Waals surface area contributed by atoms with Crippen molar-refractivity contribution in [3.63, 3.8) is 0 Å². The molecule has 0 amide bonds. The van der Waals surface area contributed by atoms with Gasteiger partial charge < -0.3 is 4.74 Å². The number of hydrogen-bond acceptors (Lipinski definition) is 2. The number of ether oxygens (including phenoxy) is 1. The summed E-state index contributed by atoms with van der Waals surface area (Å²) in [5.41, 5.74) is 3.63. The maximum Gasteiger partial charge on any atom is 0.217 e. The average molecular weight is 328 g/mol. The number of aryl methyl sites for hydroxylation is 1. The van der Waals surface area contributed by atoms with Crippen LogP contribution in [-0.4, -0.2) is 10.6 Å². The SMILES string of the molecule is CCCCCc1c(CCCC)c(OC(C)(C)C)nc2ccccc12. The van der Waals surface area contributed by atoms with Crippen LogP contribution in [0.5, 0.6) is 5.88 Å². The van der Waals surface area contributed by atoms with Gasteiger partial charge in [-0.15, -0.1) is 0 Å². The van der Waals surface area contributed by atoms with E-state index in [-0.39, 0.29) is 5.60 Å². The van der Waals surface area contributed by atoms with Crippen molar-refractivity contribution >= 4 is 10.9 Å². The molecule has 0 atom stereocenters. The molecule has 0 bridgehead atoms. The molecule has 24 heavy (non-hydrogen) atoms. The summed E-state index contributed by atoms with van der Waals surface area (Å²) in [6, 6.07) is 8.52. The largest absolute Gasteiger partial charge is 0.472 e. The van der Waals surface area contributed by atoms with Crippen LogP contribution in [-0.2, 0) is 12.8 Å². The summed E-state index contributed by atoms with van der Waals surface area (Å²) in [4.78, 5) is 4.88. The van der Waals surface area contributed by atoms with Crippen molar-refractivity contribution < 1.29 is 4.74 Å². The van der Waals surface area contributed by atoms with E-state index in [4.69, 9.17) is 9.72 Å². The second kappa shape index (κ2) is 8.50. The molecule has 0 fully saturated rings. The number of benzene rings is 1. The molecule has 0 saturated heterocycles. The van der Waals surface area contributed by atoms with Crippen molar-refractivity contribution in [1.29, 1.82) is 0 Å². The zero-order valence-electron chi connectivity index (χ0n) is 16.1. The molecule has 0 radical (unpaired) electrons. The van der Waals surface area contributed by atoms with Gasteiger partial charge in [-0.1, -0.05) is 51.3 Å². The van der Waals surface area contributed by atoms with Crippen LogP contribution in [0.25, 0.3) is 10.9 Å². The second-order valence-corrected chi connectivity index (χ2v) is 7.67. The third-order valence-corrected chi connectivity index (χ3v) is 4.29. The van der Waals surface area contributed by atoms with E-state index in [9.17, 15) is 0 Å². The number of hydrogen-bond donors (Lipinski definition) is 0. The zero-order chi connectivity index (χ0) is 17.6. The minimum Gasteiger partial charge on any atom is -0.472 e. The predicted molar refractivity (Wildman–Crippen MR) is 104 cm³/mol. The molecule has 1 aromatic carbocycles. The first kappa shape index (κ1) is 18.8. The summed E-state index contributed by atoms with van der Waals surface area (Å²) >= 11 is 0. The fraction of sp³-hybridized carbons (Fsp3) is 0.591. The molecule has 2 rings (SSSR count). The topological polar surface area (TPSA) is 22.1 Å². The minimum absolute atomic E-state index is 0.225. The molecule has 2 nitrogen and oxygen atoms in total. The van der Waals surface area contributed by atoms with Crippen LogP contribution in [0.2, 0.25) is 0 Å². The first-order chi connectivity index (χ1) is 11.5. The summed E-state index contributed by atoms with van der Waals surface area (Å²) in [5, 5.41) is 1.31. The highest BCUT2D eigenvalue weighted by molar-refractivity contribution is 5.84. The lowest BCUT2D eigenvalue weighted by molar-refractivity contribution is 0.123. The molecule has 0 aliphatic rings. The van der Waals surface area contributed by atoms with Crippen molar-refractivity contribution in [3.8, 4) is 5.88 Å². The summed E-state index contributed by atoms with van der Waals surface area (Å²) in [5.74, 6) is 0.848. The van der Waals surface area contributed by atoms with E-state index in [1.807, 2.05) is 0 Å². The Hall–Kier alpha value is -1.57. The number of nitrogens with zero attached hydrogens (tertiary/aromatic N) is 1. The van der Waals surface area contributed by atoms with E-state index in [0.717, 1.165) is 24.2 Å². The van der Waals surface area contributed by atoms with E-state index >= 15 is 0 Å². The van der Waals surface area contributed by atoms with Crippen LogP contribution in [0.15, 0.2) is 24.3 Å². The van der Waals surface area contributed by atoms with Gasteiger partial charge in [0.05, 0.1) is 5.52 Å². The highest BCUT2D eigenvalue weighted by atomic mass is 16.5. The smallest absolute Gasteiger partial charge is 0.217 e. The fourth-order valence-electron chi connectivity index (χ4n) is 3.12. The third kappa shape index (κ3) is 4.96. The summed E-state index contributed by atoms with van der Waals surface area (Å²) < 4.78 is 6.27. The van der Waals surface area contributed by atoms with Crippen LogP contribution in [0.4, 0.5) is 0 Å². The lowest BCUT2D eigenvalue weighted by Gasteiger charge is -2.24. The number of aromatic nitrogens is 1. The average Bonchev–Trinajstić information content (AvgIpc) is 2.52. The fourth-order valence-corrected chi connectivity index (χ4v) is 3.12. The van der Waals surface area contributed by atoms with Gasteiger partial charge in [0, 0.05) is 10.9 Å². The van der Waals surface area contributed by atoms with E-state index in [0.29, 0.717) is 0 Å². The van der Waals surface area contributed by atoms with E-state index < -0.39 is 0 Å². The van der Waals surface area contributed by atoms with Crippen molar-refractivity contribution in [2.45, 2.75) is 85.2 Å². The number of pyridine rings is 1. The molecule has 0 spiro atoms. The third-order valence-electron chi connectivity index (χ3n) is 4.29. The molecule has 2 aromatic rings. The van der Waals surface area contributed by atoms with E-state index in [2.05, 4.69) is 58.9 Å². The van der Waals surface area contributed by atoms with E-state index in [1.165, 1.54) is 48.6 Å². The minimum atomic E-state index is -0.225. The number of rotatable bonds is 8.